The fourth-order valence-corrected chi connectivity index (χ4v) is 1.16. The average Bonchev–Trinajstić information content (AvgIpc) is 2.25. The third kappa shape index (κ3) is 3.19. The molecule has 0 spiro atoms. The standard InChI is InChI=1S/C10H12F2N2O/c1-13-8-5-3-2-4-7(8)10(15)14-6-9(11)12/h2-5,9,13H,6H2,1H3,(H,14,15). The molecule has 0 saturated heterocycles. The maximum Gasteiger partial charge on any atom is 0.255 e. The number of hydrogen-bond acceptors (Lipinski definition) is 2. The van der Waals surface area contributed by atoms with E-state index < -0.39 is 18.9 Å². The molecule has 0 aromatic heterocycles. The Bertz CT molecular complexity index is 342. The van der Waals surface area contributed by atoms with Gasteiger partial charge in [0.15, 0.2) is 0 Å². The molecule has 0 heterocycles. The Hall–Kier alpha value is -1.65. The summed E-state index contributed by atoms with van der Waals surface area (Å²) in [5.41, 5.74) is 0.977. The number of carbonyl (C=O) groups is 1. The van der Waals surface area contributed by atoms with Gasteiger partial charge in [-0.15, -0.1) is 0 Å². The first-order valence-electron chi connectivity index (χ1n) is 4.48. The normalized spacial score (nSPS) is 10.1. The lowest BCUT2D eigenvalue weighted by atomic mass is 10.1. The second-order valence-electron chi connectivity index (χ2n) is 2.90. The Balaban J connectivity index is 2.72. The smallest absolute Gasteiger partial charge is 0.255 e. The van der Waals surface area contributed by atoms with Gasteiger partial charge in [0, 0.05) is 12.7 Å². The maximum absolute atomic E-state index is 11.9. The van der Waals surface area contributed by atoms with Crippen molar-refractivity contribution in [3.63, 3.8) is 0 Å². The van der Waals surface area contributed by atoms with Crippen LogP contribution in [0.2, 0.25) is 0 Å². The third-order valence-corrected chi connectivity index (χ3v) is 1.86. The minimum atomic E-state index is -2.53. The molecular weight excluding hydrogens is 202 g/mol. The van der Waals surface area contributed by atoms with Crippen LogP contribution in [0.25, 0.3) is 0 Å². The molecule has 0 radical (unpaired) electrons. The molecule has 3 nitrogen and oxygen atoms in total. The Labute approximate surface area is 86.5 Å². The number of carbonyl (C=O) groups excluding carboxylic acids is 1. The van der Waals surface area contributed by atoms with E-state index in [1.165, 1.54) is 0 Å². The molecule has 0 aliphatic heterocycles. The lowest BCUT2D eigenvalue weighted by Crippen LogP contribution is -2.28. The molecule has 0 aliphatic carbocycles. The summed E-state index contributed by atoms with van der Waals surface area (Å²) < 4.78 is 23.7. The average molecular weight is 214 g/mol. The van der Waals surface area contributed by atoms with Gasteiger partial charge in [0.2, 0.25) is 0 Å². The van der Waals surface area contributed by atoms with E-state index in [2.05, 4.69) is 10.6 Å². The first-order valence-corrected chi connectivity index (χ1v) is 4.48. The minimum Gasteiger partial charge on any atom is -0.387 e. The fourth-order valence-electron chi connectivity index (χ4n) is 1.16. The van der Waals surface area contributed by atoms with Gasteiger partial charge < -0.3 is 10.6 Å². The van der Waals surface area contributed by atoms with E-state index >= 15 is 0 Å². The highest BCUT2D eigenvalue weighted by molar-refractivity contribution is 5.99. The van der Waals surface area contributed by atoms with Crippen LogP contribution < -0.4 is 10.6 Å². The molecular formula is C10H12F2N2O. The number of alkyl halides is 2. The van der Waals surface area contributed by atoms with E-state index in [1.54, 1.807) is 31.3 Å². The van der Waals surface area contributed by atoms with Crippen LogP contribution in [0.3, 0.4) is 0 Å². The van der Waals surface area contributed by atoms with Gasteiger partial charge in [0.05, 0.1) is 12.1 Å². The fraction of sp³-hybridized carbons (Fsp3) is 0.300. The van der Waals surface area contributed by atoms with Crippen LogP contribution in [0.4, 0.5) is 14.5 Å². The summed E-state index contributed by atoms with van der Waals surface area (Å²) in [6.45, 7) is -0.628. The highest BCUT2D eigenvalue weighted by Gasteiger charge is 2.11. The molecule has 1 amide bonds. The van der Waals surface area contributed by atoms with E-state index in [0.717, 1.165) is 0 Å². The SMILES string of the molecule is CNc1ccccc1C(=O)NCC(F)F. The van der Waals surface area contributed by atoms with E-state index in [4.69, 9.17) is 0 Å². The zero-order valence-corrected chi connectivity index (χ0v) is 8.26. The Morgan fingerprint density at radius 3 is 2.67 bits per heavy atom. The highest BCUT2D eigenvalue weighted by atomic mass is 19.3. The molecule has 1 aromatic rings. The van der Waals surface area contributed by atoms with Crippen LogP contribution in [0, 0.1) is 0 Å². The summed E-state index contributed by atoms with van der Waals surface area (Å²) in [6, 6.07) is 6.72. The molecule has 0 saturated carbocycles. The molecule has 0 unspecified atom stereocenters. The molecule has 82 valence electrons. The summed E-state index contributed by atoms with van der Waals surface area (Å²) >= 11 is 0. The molecule has 2 N–H and O–H groups in total. The predicted molar refractivity (Wildman–Crippen MR) is 54.3 cm³/mol. The van der Waals surface area contributed by atoms with E-state index in [1.807, 2.05) is 0 Å². The highest BCUT2D eigenvalue weighted by Crippen LogP contribution is 2.13. The Kier molecular flexibility index (Phi) is 4.03. The molecule has 1 rings (SSSR count). The van der Waals surface area contributed by atoms with E-state index in [-0.39, 0.29) is 0 Å². The van der Waals surface area contributed by atoms with Gasteiger partial charge in [-0.3, -0.25) is 4.79 Å². The monoisotopic (exact) mass is 214 g/mol. The molecule has 5 heteroatoms. The van der Waals surface area contributed by atoms with Crippen LogP contribution in [-0.4, -0.2) is 25.9 Å². The van der Waals surface area contributed by atoms with Crippen molar-refractivity contribution in [3.05, 3.63) is 29.8 Å². The topological polar surface area (TPSA) is 41.1 Å². The number of halogens is 2. The van der Waals surface area contributed by atoms with Crippen molar-refractivity contribution in [1.29, 1.82) is 0 Å². The maximum atomic E-state index is 11.9. The zero-order valence-electron chi connectivity index (χ0n) is 8.26. The van der Waals surface area contributed by atoms with Crippen molar-refractivity contribution in [1.82, 2.24) is 5.32 Å². The number of para-hydroxylation sites is 1. The number of benzene rings is 1. The van der Waals surface area contributed by atoms with Gasteiger partial charge in [-0.25, -0.2) is 8.78 Å². The largest absolute Gasteiger partial charge is 0.387 e. The summed E-state index contributed by atoms with van der Waals surface area (Å²) in [5, 5.41) is 4.96. The van der Waals surface area contributed by atoms with Gasteiger partial charge in [0.1, 0.15) is 0 Å². The van der Waals surface area contributed by atoms with Crippen LogP contribution in [-0.2, 0) is 0 Å². The van der Waals surface area contributed by atoms with Crippen molar-refractivity contribution in [2.24, 2.45) is 0 Å². The second-order valence-corrected chi connectivity index (χ2v) is 2.90. The van der Waals surface area contributed by atoms with Gasteiger partial charge in [-0.1, -0.05) is 12.1 Å². The third-order valence-electron chi connectivity index (χ3n) is 1.86. The summed E-state index contributed by atoms with van der Waals surface area (Å²) in [6.07, 6.45) is -2.53. The number of hydrogen-bond donors (Lipinski definition) is 2. The molecule has 1 aromatic carbocycles. The van der Waals surface area contributed by atoms with Crippen molar-refractivity contribution in [2.45, 2.75) is 6.43 Å². The van der Waals surface area contributed by atoms with Crippen molar-refractivity contribution in [3.8, 4) is 0 Å². The van der Waals surface area contributed by atoms with Crippen molar-refractivity contribution >= 4 is 11.6 Å². The van der Waals surface area contributed by atoms with Crippen molar-refractivity contribution < 1.29 is 13.6 Å². The van der Waals surface area contributed by atoms with E-state index in [9.17, 15) is 13.6 Å². The summed E-state index contributed by atoms with van der Waals surface area (Å²) in [5.74, 6) is -0.500. The quantitative estimate of drug-likeness (QED) is 0.801. The molecule has 0 aliphatic rings. The Morgan fingerprint density at radius 2 is 2.07 bits per heavy atom. The van der Waals surface area contributed by atoms with Crippen LogP contribution in [0.5, 0.6) is 0 Å². The number of amides is 1. The van der Waals surface area contributed by atoms with E-state index in [0.29, 0.717) is 11.3 Å². The van der Waals surface area contributed by atoms with Gasteiger partial charge in [-0.2, -0.15) is 0 Å². The van der Waals surface area contributed by atoms with Crippen LogP contribution >= 0.6 is 0 Å². The minimum absolute atomic E-state index is 0.362. The summed E-state index contributed by atoms with van der Waals surface area (Å²) in [4.78, 5) is 11.4. The molecule has 0 atom stereocenters. The molecule has 0 bridgehead atoms. The first kappa shape index (κ1) is 11.4. The number of rotatable bonds is 4. The molecule has 15 heavy (non-hydrogen) atoms. The van der Waals surface area contributed by atoms with Gasteiger partial charge in [-0.05, 0) is 12.1 Å². The van der Waals surface area contributed by atoms with Gasteiger partial charge in [0.25, 0.3) is 12.3 Å². The summed E-state index contributed by atoms with van der Waals surface area (Å²) in [7, 11) is 1.67. The number of nitrogens with one attached hydrogen (secondary N) is 2. The lowest BCUT2D eigenvalue weighted by Gasteiger charge is -2.08. The Morgan fingerprint density at radius 1 is 1.40 bits per heavy atom. The zero-order chi connectivity index (χ0) is 11.3. The van der Waals surface area contributed by atoms with Crippen LogP contribution in [0.1, 0.15) is 10.4 Å². The second kappa shape index (κ2) is 5.29. The first-order chi connectivity index (χ1) is 7.15. The van der Waals surface area contributed by atoms with Gasteiger partial charge >= 0.3 is 0 Å². The predicted octanol–water partition coefficient (Wildman–Crippen LogP) is 1.72. The molecule has 0 fully saturated rings. The number of anilines is 1. The van der Waals surface area contributed by atoms with Crippen LogP contribution in [0.15, 0.2) is 24.3 Å². The lowest BCUT2D eigenvalue weighted by molar-refractivity contribution is 0.0892. The van der Waals surface area contributed by atoms with Crippen molar-refractivity contribution in [2.75, 3.05) is 18.9 Å².